The average molecular weight is 380 g/mol. The van der Waals surface area contributed by atoms with E-state index in [0.717, 1.165) is 47.9 Å². The van der Waals surface area contributed by atoms with Crippen molar-refractivity contribution in [3.05, 3.63) is 47.8 Å². The van der Waals surface area contributed by atoms with Gasteiger partial charge in [0.25, 0.3) is 6.02 Å². The van der Waals surface area contributed by atoms with E-state index in [-0.39, 0.29) is 18.0 Å². The minimum Gasteiger partial charge on any atom is -0.462 e. The van der Waals surface area contributed by atoms with Gasteiger partial charge in [0.1, 0.15) is 12.1 Å². The average Bonchev–Trinajstić information content (AvgIpc) is 3.13. The maximum atomic E-state index is 8.89. The molecule has 3 aliphatic rings. The Balaban J connectivity index is 1.70. The first-order chi connectivity index (χ1) is 14.3. The number of ether oxygens (including phenoxy) is 2. The van der Waals surface area contributed by atoms with Gasteiger partial charge in [0.2, 0.25) is 0 Å². The number of benzene rings is 1. The minimum absolute atomic E-state index is 0.0790. The number of rotatable bonds is 2. The highest BCUT2D eigenvalue weighted by Crippen LogP contribution is 2.62. The quantitative estimate of drug-likeness (QED) is 0.866. The first kappa shape index (κ1) is 15.5. The van der Waals surface area contributed by atoms with Crippen LogP contribution in [0, 0.1) is 11.3 Å². The zero-order valence-electron chi connectivity index (χ0n) is 18.2. The third kappa shape index (κ3) is 2.40. The van der Waals surface area contributed by atoms with Crippen LogP contribution in [-0.4, -0.2) is 36.0 Å². The SMILES string of the molecule is [2H]C1([2H])OC(N)=N[C@@]12c1cc(-c3ccnnc3)ccc1C[C@@]21CC[C@H](OC)[C@@H](C)C1. The van der Waals surface area contributed by atoms with E-state index in [1.807, 2.05) is 12.1 Å². The standard InChI is InChI=1S/C22H26N4O2/c1-14-10-21(7-5-19(14)27-2)11-16-4-3-15(17-6-8-24-25-12-17)9-18(16)22(21)13-28-20(23)26-22/h3-4,6,8-9,12,14,19H,5,7,10-11,13H2,1-2H3,(H2,23,26)/t14-,19-,21-,22+/m0/s1/i13D2. The van der Waals surface area contributed by atoms with Gasteiger partial charge < -0.3 is 15.2 Å². The zero-order chi connectivity index (χ0) is 21.1. The molecule has 4 atom stereocenters. The normalized spacial score (nSPS) is 36.6. The minimum atomic E-state index is -2.03. The van der Waals surface area contributed by atoms with Crippen LogP contribution in [0.15, 0.2) is 41.7 Å². The van der Waals surface area contributed by atoms with E-state index >= 15 is 0 Å². The van der Waals surface area contributed by atoms with E-state index in [2.05, 4.69) is 29.3 Å². The summed E-state index contributed by atoms with van der Waals surface area (Å²) in [5.41, 5.74) is 8.26. The summed E-state index contributed by atoms with van der Waals surface area (Å²) in [7, 11) is 1.75. The highest BCUT2D eigenvalue weighted by molar-refractivity contribution is 5.76. The lowest BCUT2D eigenvalue weighted by Crippen LogP contribution is -2.48. The van der Waals surface area contributed by atoms with Gasteiger partial charge >= 0.3 is 0 Å². The summed E-state index contributed by atoms with van der Waals surface area (Å²) in [6, 6.07) is 8.01. The molecule has 0 unspecified atom stereocenters. The number of amidine groups is 1. The number of hydrogen-bond acceptors (Lipinski definition) is 6. The molecule has 146 valence electrons. The number of nitrogens with zero attached hydrogens (tertiary/aromatic N) is 3. The van der Waals surface area contributed by atoms with Crippen molar-refractivity contribution in [2.24, 2.45) is 22.1 Å². The fraction of sp³-hybridized carbons (Fsp3) is 0.500. The van der Waals surface area contributed by atoms with Crippen molar-refractivity contribution in [2.75, 3.05) is 13.7 Å². The Kier molecular flexibility index (Phi) is 3.46. The topological polar surface area (TPSA) is 82.6 Å². The Morgan fingerprint density at radius 2 is 2.18 bits per heavy atom. The lowest BCUT2D eigenvalue weighted by molar-refractivity contribution is -0.0445. The third-order valence-electron chi connectivity index (χ3n) is 6.85. The highest BCUT2D eigenvalue weighted by atomic mass is 16.5. The number of nitrogens with two attached hydrogens (primary N) is 1. The zero-order valence-corrected chi connectivity index (χ0v) is 16.2. The summed E-state index contributed by atoms with van der Waals surface area (Å²) >= 11 is 0. The molecule has 2 spiro atoms. The Bertz CT molecular complexity index is 1020. The van der Waals surface area contributed by atoms with Gasteiger partial charge in [-0.1, -0.05) is 19.1 Å². The Morgan fingerprint density at radius 3 is 2.86 bits per heavy atom. The Morgan fingerprint density at radius 1 is 1.29 bits per heavy atom. The van der Waals surface area contributed by atoms with E-state index < -0.39 is 17.5 Å². The largest absolute Gasteiger partial charge is 0.462 e. The van der Waals surface area contributed by atoms with Gasteiger partial charge in [-0.25, -0.2) is 4.99 Å². The summed E-state index contributed by atoms with van der Waals surface area (Å²) < 4.78 is 29.0. The maximum Gasteiger partial charge on any atom is 0.283 e. The van der Waals surface area contributed by atoms with Crippen LogP contribution in [0.3, 0.4) is 0 Å². The van der Waals surface area contributed by atoms with Crippen LogP contribution in [0.5, 0.6) is 0 Å². The molecule has 0 saturated heterocycles. The molecule has 0 radical (unpaired) electrons. The van der Waals surface area contributed by atoms with Gasteiger partial charge in [0.15, 0.2) is 0 Å². The third-order valence-corrected chi connectivity index (χ3v) is 6.85. The van der Waals surface area contributed by atoms with Crippen molar-refractivity contribution in [1.82, 2.24) is 10.2 Å². The summed E-state index contributed by atoms with van der Waals surface area (Å²) in [5.74, 6) is 0.284. The second kappa shape index (κ2) is 6.27. The lowest BCUT2D eigenvalue weighted by atomic mass is 9.59. The molecule has 5 rings (SSSR count). The molecule has 1 aromatic carbocycles. The van der Waals surface area contributed by atoms with Crippen LogP contribution in [0.2, 0.25) is 0 Å². The number of aromatic nitrogens is 2. The molecule has 28 heavy (non-hydrogen) atoms. The van der Waals surface area contributed by atoms with Gasteiger partial charge in [-0.2, -0.15) is 10.2 Å². The van der Waals surface area contributed by atoms with Crippen molar-refractivity contribution in [1.29, 1.82) is 0 Å². The molecule has 0 bridgehead atoms. The summed E-state index contributed by atoms with van der Waals surface area (Å²) in [5, 5.41) is 7.84. The molecule has 2 heterocycles. The van der Waals surface area contributed by atoms with E-state index in [9.17, 15) is 0 Å². The van der Waals surface area contributed by atoms with Crippen LogP contribution >= 0.6 is 0 Å². The molecule has 6 nitrogen and oxygen atoms in total. The second-order valence-electron chi connectivity index (χ2n) is 8.32. The van der Waals surface area contributed by atoms with Crippen molar-refractivity contribution in [3.8, 4) is 11.1 Å². The van der Waals surface area contributed by atoms with E-state index in [4.69, 9.17) is 22.9 Å². The van der Waals surface area contributed by atoms with Gasteiger partial charge in [0.05, 0.1) is 21.2 Å². The summed E-state index contributed by atoms with van der Waals surface area (Å²) in [4.78, 5) is 4.74. The van der Waals surface area contributed by atoms with Crippen LogP contribution in [-0.2, 0) is 21.4 Å². The van der Waals surface area contributed by atoms with Crippen LogP contribution in [0.25, 0.3) is 11.1 Å². The first-order valence-electron chi connectivity index (χ1n) is 10.8. The smallest absolute Gasteiger partial charge is 0.283 e. The van der Waals surface area contributed by atoms with E-state index in [0.29, 0.717) is 0 Å². The molecule has 1 aromatic heterocycles. The molecule has 0 amide bonds. The molecular weight excluding hydrogens is 352 g/mol. The molecule has 2 aromatic rings. The first-order valence-corrected chi connectivity index (χ1v) is 9.79. The molecular formula is C22H26N4O2. The van der Waals surface area contributed by atoms with Crippen molar-refractivity contribution < 1.29 is 12.2 Å². The maximum absolute atomic E-state index is 8.89. The Hall–Kier alpha value is -2.47. The summed E-state index contributed by atoms with van der Waals surface area (Å²) in [6.07, 6.45) is 6.74. The molecule has 1 fully saturated rings. The fourth-order valence-electron chi connectivity index (χ4n) is 5.56. The number of methoxy groups -OCH3 is 1. The van der Waals surface area contributed by atoms with Crippen LogP contribution in [0.4, 0.5) is 0 Å². The van der Waals surface area contributed by atoms with E-state index in [1.54, 1.807) is 19.5 Å². The van der Waals surface area contributed by atoms with Gasteiger partial charge in [-0.15, -0.1) is 0 Å². The second-order valence-corrected chi connectivity index (χ2v) is 8.32. The van der Waals surface area contributed by atoms with E-state index in [1.165, 1.54) is 0 Å². The summed E-state index contributed by atoms with van der Waals surface area (Å²) in [6.45, 7) is 0.148. The van der Waals surface area contributed by atoms with Crippen molar-refractivity contribution in [3.63, 3.8) is 0 Å². The van der Waals surface area contributed by atoms with Gasteiger partial charge in [-0.05, 0) is 60.4 Å². The molecule has 1 saturated carbocycles. The number of fused-ring (bicyclic) bond motifs is 3. The van der Waals surface area contributed by atoms with Crippen molar-refractivity contribution in [2.45, 2.75) is 44.2 Å². The van der Waals surface area contributed by atoms with Crippen LogP contribution in [0.1, 0.15) is 40.1 Å². The van der Waals surface area contributed by atoms with Gasteiger partial charge in [-0.3, -0.25) is 0 Å². The molecule has 1 aliphatic heterocycles. The lowest BCUT2D eigenvalue weighted by Gasteiger charge is -2.47. The highest BCUT2D eigenvalue weighted by Gasteiger charge is 2.62. The monoisotopic (exact) mass is 380 g/mol. The predicted octanol–water partition coefficient (Wildman–Crippen LogP) is 3.06. The molecule has 2 aliphatic carbocycles. The Labute approximate surface area is 168 Å². The number of aliphatic imine (C=N–C) groups is 1. The van der Waals surface area contributed by atoms with Gasteiger partial charge in [0, 0.05) is 18.1 Å². The fourth-order valence-corrected chi connectivity index (χ4v) is 5.56. The van der Waals surface area contributed by atoms with Crippen molar-refractivity contribution >= 4 is 6.02 Å². The molecule has 6 heteroatoms. The number of hydrogen-bond donors (Lipinski definition) is 1. The molecule has 2 N–H and O–H groups in total. The predicted molar refractivity (Wildman–Crippen MR) is 107 cm³/mol. The van der Waals surface area contributed by atoms with Crippen LogP contribution < -0.4 is 5.73 Å².